The number of amidine groups is 1. The molecule has 6 nitrogen and oxygen atoms in total. The van der Waals surface area contributed by atoms with Gasteiger partial charge in [-0.2, -0.15) is 0 Å². The van der Waals surface area contributed by atoms with E-state index in [1.165, 1.54) is 18.2 Å². The first kappa shape index (κ1) is 8.98. The molecule has 6 heteroatoms. The van der Waals surface area contributed by atoms with Crippen LogP contribution in [0.4, 0.5) is 11.4 Å². The molecule has 0 atom stereocenters. The Morgan fingerprint density at radius 2 is 2.15 bits per heavy atom. The van der Waals surface area contributed by atoms with E-state index in [0.29, 0.717) is 0 Å². The van der Waals surface area contributed by atoms with Gasteiger partial charge in [-0.25, -0.2) is 0 Å². The second-order valence-electron chi connectivity index (χ2n) is 2.41. The van der Waals surface area contributed by atoms with Crippen LogP contribution in [0.3, 0.4) is 0 Å². The number of nitrogens with one attached hydrogen (secondary N) is 1. The van der Waals surface area contributed by atoms with Crippen LogP contribution in [-0.4, -0.2) is 10.8 Å². The summed E-state index contributed by atoms with van der Waals surface area (Å²) in [4.78, 5) is 9.80. The first-order valence-electron chi connectivity index (χ1n) is 3.41. The standard InChI is InChI=1S/C7H8N4O2/c8-6-4(7(9)10)2-1-3-5(6)11(12)13/h1-3H,8H2,(H3,9,10). The lowest BCUT2D eigenvalue weighted by molar-refractivity contribution is -0.383. The third kappa shape index (κ3) is 1.56. The SMILES string of the molecule is N=C(N)c1cccc([N+](=O)[O-])c1N. The van der Waals surface area contributed by atoms with Gasteiger partial charge in [0.25, 0.3) is 5.69 Å². The van der Waals surface area contributed by atoms with Crippen molar-refractivity contribution in [2.45, 2.75) is 0 Å². The molecule has 0 fully saturated rings. The van der Waals surface area contributed by atoms with Crippen molar-refractivity contribution in [1.82, 2.24) is 0 Å². The molecule has 0 amide bonds. The van der Waals surface area contributed by atoms with Crippen molar-refractivity contribution in [3.8, 4) is 0 Å². The minimum Gasteiger partial charge on any atom is -0.393 e. The maximum Gasteiger partial charge on any atom is 0.292 e. The van der Waals surface area contributed by atoms with Crippen molar-refractivity contribution in [2.75, 3.05) is 5.73 Å². The van der Waals surface area contributed by atoms with E-state index in [0.717, 1.165) is 0 Å². The second-order valence-corrected chi connectivity index (χ2v) is 2.41. The van der Waals surface area contributed by atoms with E-state index in [1.807, 2.05) is 0 Å². The Kier molecular flexibility index (Phi) is 2.14. The fraction of sp³-hybridized carbons (Fsp3) is 0. The topological polar surface area (TPSA) is 119 Å². The van der Waals surface area contributed by atoms with Gasteiger partial charge in [0.05, 0.1) is 4.92 Å². The largest absolute Gasteiger partial charge is 0.393 e. The normalized spacial score (nSPS) is 9.54. The average Bonchev–Trinajstić information content (AvgIpc) is 2.03. The predicted octanol–water partition coefficient (Wildman–Crippen LogP) is 0.461. The first-order chi connectivity index (χ1) is 6.04. The number of benzene rings is 1. The number of nitrogens with zero attached hydrogens (tertiary/aromatic N) is 1. The molecule has 0 saturated carbocycles. The summed E-state index contributed by atoms with van der Waals surface area (Å²) in [5.74, 6) is -0.277. The van der Waals surface area contributed by atoms with Gasteiger partial charge in [-0.3, -0.25) is 15.5 Å². The maximum atomic E-state index is 10.4. The number of hydrogen-bond acceptors (Lipinski definition) is 4. The van der Waals surface area contributed by atoms with E-state index in [-0.39, 0.29) is 22.8 Å². The number of nitro benzene ring substituents is 1. The van der Waals surface area contributed by atoms with Gasteiger partial charge in [-0.05, 0) is 6.07 Å². The Bertz CT molecular complexity index is 343. The summed E-state index contributed by atoms with van der Waals surface area (Å²) in [6.45, 7) is 0. The summed E-state index contributed by atoms with van der Waals surface area (Å²) in [6, 6.07) is 4.16. The lowest BCUT2D eigenvalue weighted by atomic mass is 10.1. The zero-order chi connectivity index (χ0) is 10.0. The number of nitro groups is 1. The molecule has 0 spiro atoms. The van der Waals surface area contributed by atoms with Gasteiger partial charge in [-0.15, -0.1) is 0 Å². The van der Waals surface area contributed by atoms with E-state index in [4.69, 9.17) is 16.9 Å². The molecule has 1 aromatic rings. The third-order valence-electron chi connectivity index (χ3n) is 1.57. The lowest BCUT2D eigenvalue weighted by Crippen LogP contribution is -2.14. The van der Waals surface area contributed by atoms with Crippen LogP contribution in [0.25, 0.3) is 0 Å². The highest BCUT2D eigenvalue weighted by Crippen LogP contribution is 2.23. The minimum absolute atomic E-state index is 0.0694. The minimum atomic E-state index is -0.609. The van der Waals surface area contributed by atoms with E-state index in [1.54, 1.807) is 0 Å². The molecule has 0 saturated heterocycles. The molecular formula is C7H8N4O2. The van der Waals surface area contributed by atoms with Gasteiger partial charge in [0.15, 0.2) is 0 Å². The summed E-state index contributed by atoms with van der Waals surface area (Å²) in [6.07, 6.45) is 0. The van der Waals surface area contributed by atoms with Crippen molar-refractivity contribution < 1.29 is 4.92 Å². The molecule has 0 aromatic heterocycles. The fourth-order valence-corrected chi connectivity index (χ4v) is 0.947. The lowest BCUT2D eigenvalue weighted by Gasteiger charge is -2.02. The molecule has 0 radical (unpaired) electrons. The molecule has 1 rings (SSSR count). The van der Waals surface area contributed by atoms with Crippen LogP contribution in [0.2, 0.25) is 0 Å². The number of hydrogen-bond donors (Lipinski definition) is 3. The average molecular weight is 180 g/mol. The van der Waals surface area contributed by atoms with E-state index in [2.05, 4.69) is 0 Å². The van der Waals surface area contributed by atoms with E-state index in [9.17, 15) is 10.1 Å². The molecule has 1 aromatic carbocycles. The van der Waals surface area contributed by atoms with Gasteiger partial charge >= 0.3 is 0 Å². The molecule has 0 aliphatic rings. The number of anilines is 1. The molecule has 68 valence electrons. The molecule has 0 bridgehead atoms. The van der Waals surface area contributed by atoms with Gasteiger partial charge in [-0.1, -0.05) is 6.07 Å². The number of para-hydroxylation sites is 1. The van der Waals surface area contributed by atoms with Gasteiger partial charge in [0.2, 0.25) is 0 Å². The van der Waals surface area contributed by atoms with Crippen molar-refractivity contribution in [2.24, 2.45) is 5.73 Å². The van der Waals surface area contributed by atoms with Gasteiger partial charge in [0.1, 0.15) is 11.5 Å². The Hall–Kier alpha value is -2.11. The van der Waals surface area contributed by atoms with Crippen LogP contribution in [0, 0.1) is 15.5 Å². The zero-order valence-electron chi connectivity index (χ0n) is 6.65. The smallest absolute Gasteiger partial charge is 0.292 e. The first-order valence-corrected chi connectivity index (χ1v) is 3.41. The van der Waals surface area contributed by atoms with Crippen LogP contribution in [-0.2, 0) is 0 Å². The zero-order valence-corrected chi connectivity index (χ0v) is 6.65. The van der Waals surface area contributed by atoms with Crippen molar-refractivity contribution in [3.05, 3.63) is 33.9 Å². The molecule has 13 heavy (non-hydrogen) atoms. The molecule has 0 heterocycles. The van der Waals surface area contributed by atoms with E-state index < -0.39 is 4.92 Å². The van der Waals surface area contributed by atoms with Crippen LogP contribution < -0.4 is 11.5 Å². The number of rotatable bonds is 2. The summed E-state index contributed by atoms with van der Waals surface area (Å²) in [5.41, 5.74) is 10.5. The highest BCUT2D eigenvalue weighted by atomic mass is 16.6. The summed E-state index contributed by atoms with van der Waals surface area (Å²) in [5, 5.41) is 17.5. The molecule has 0 aliphatic heterocycles. The summed E-state index contributed by atoms with van der Waals surface area (Å²) in [7, 11) is 0. The highest BCUT2D eigenvalue weighted by Gasteiger charge is 2.14. The number of nitrogens with two attached hydrogens (primary N) is 2. The predicted molar refractivity (Wildman–Crippen MR) is 48.5 cm³/mol. The Labute approximate surface area is 73.8 Å². The van der Waals surface area contributed by atoms with Gasteiger partial charge in [0, 0.05) is 11.6 Å². The van der Waals surface area contributed by atoms with Crippen LogP contribution >= 0.6 is 0 Å². The molecule has 0 unspecified atom stereocenters. The van der Waals surface area contributed by atoms with Crippen LogP contribution in [0.5, 0.6) is 0 Å². The van der Waals surface area contributed by atoms with Crippen LogP contribution in [0.1, 0.15) is 5.56 Å². The van der Waals surface area contributed by atoms with Crippen LogP contribution in [0.15, 0.2) is 18.2 Å². The summed E-state index contributed by atoms with van der Waals surface area (Å²) >= 11 is 0. The third-order valence-corrected chi connectivity index (χ3v) is 1.57. The maximum absolute atomic E-state index is 10.4. The van der Waals surface area contributed by atoms with Crippen molar-refractivity contribution >= 4 is 17.2 Å². The monoisotopic (exact) mass is 180 g/mol. The fourth-order valence-electron chi connectivity index (χ4n) is 0.947. The molecule has 5 N–H and O–H groups in total. The van der Waals surface area contributed by atoms with Crippen molar-refractivity contribution in [3.63, 3.8) is 0 Å². The number of nitrogen functional groups attached to an aromatic ring is 2. The Morgan fingerprint density at radius 1 is 1.54 bits per heavy atom. The van der Waals surface area contributed by atoms with Crippen molar-refractivity contribution in [1.29, 1.82) is 5.41 Å². The highest BCUT2D eigenvalue weighted by molar-refractivity contribution is 6.01. The quantitative estimate of drug-likeness (QED) is 0.201. The van der Waals surface area contributed by atoms with E-state index >= 15 is 0 Å². The molecular weight excluding hydrogens is 172 g/mol. The Balaban J connectivity index is 3.35. The molecule has 0 aliphatic carbocycles. The second kappa shape index (κ2) is 3.10. The van der Waals surface area contributed by atoms with Gasteiger partial charge < -0.3 is 11.5 Å². The Morgan fingerprint density at radius 3 is 2.62 bits per heavy atom. The summed E-state index contributed by atoms with van der Waals surface area (Å²) < 4.78 is 0.